The summed E-state index contributed by atoms with van der Waals surface area (Å²) in [5, 5.41) is 3.16. The Hall–Kier alpha value is -0.770. The number of likely N-dealkylation sites (tertiary alicyclic amines) is 1. The predicted molar refractivity (Wildman–Crippen MR) is 73.7 cm³/mol. The van der Waals surface area contributed by atoms with Crippen LogP contribution in [-0.2, 0) is 0 Å². The summed E-state index contributed by atoms with van der Waals surface area (Å²) in [6, 6.07) is 0.529. The molecule has 4 heteroatoms. The Morgan fingerprint density at radius 2 is 1.83 bits per heavy atom. The van der Waals surface area contributed by atoms with Crippen molar-refractivity contribution in [2.24, 2.45) is 0 Å². The molecule has 0 radical (unpaired) electrons. The second kappa shape index (κ2) is 6.98. The zero-order valence-electron chi connectivity index (χ0n) is 11.7. The summed E-state index contributed by atoms with van der Waals surface area (Å²) in [5.74, 6) is 0. The number of rotatable bonds is 4. The summed E-state index contributed by atoms with van der Waals surface area (Å²) in [5.41, 5.74) is 0. The zero-order chi connectivity index (χ0) is 12.8. The van der Waals surface area contributed by atoms with Crippen molar-refractivity contribution in [3.8, 4) is 0 Å². The van der Waals surface area contributed by atoms with Gasteiger partial charge in [0, 0.05) is 26.2 Å². The Balaban J connectivity index is 1.63. The second-order valence-corrected chi connectivity index (χ2v) is 5.75. The highest BCUT2D eigenvalue weighted by Gasteiger charge is 2.18. The molecule has 104 valence electrons. The summed E-state index contributed by atoms with van der Waals surface area (Å²) >= 11 is 0. The molecular formula is C14H27N3O. The van der Waals surface area contributed by atoms with Crippen LogP contribution in [0.1, 0.15) is 44.9 Å². The van der Waals surface area contributed by atoms with Crippen molar-refractivity contribution >= 4 is 6.03 Å². The van der Waals surface area contributed by atoms with Crippen LogP contribution in [0, 0.1) is 0 Å². The molecule has 0 aromatic heterocycles. The highest BCUT2D eigenvalue weighted by molar-refractivity contribution is 5.74. The van der Waals surface area contributed by atoms with Gasteiger partial charge in [-0.3, -0.25) is 0 Å². The average molecular weight is 253 g/mol. The monoisotopic (exact) mass is 253 g/mol. The molecule has 1 aliphatic heterocycles. The molecule has 1 heterocycles. The third-order valence-corrected chi connectivity index (χ3v) is 4.23. The van der Waals surface area contributed by atoms with E-state index in [-0.39, 0.29) is 6.03 Å². The molecule has 1 saturated heterocycles. The van der Waals surface area contributed by atoms with Crippen molar-refractivity contribution in [1.29, 1.82) is 0 Å². The van der Waals surface area contributed by atoms with Gasteiger partial charge in [-0.05, 0) is 38.8 Å². The molecule has 2 amide bonds. The standard InChI is InChI=1S/C14H27N3O/c1-16(11-12-17-9-5-6-10-17)14(18)15-13-7-3-2-4-8-13/h13H,2-12H2,1H3,(H,15,18). The molecule has 18 heavy (non-hydrogen) atoms. The molecule has 1 aliphatic carbocycles. The Morgan fingerprint density at radius 1 is 1.17 bits per heavy atom. The lowest BCUT2D eigenvalue weighted by Gasteiger charge is -2.27. The van der Waals surface area contributed by atoms with Crippen molar-refractivity contribution in [2.75, 3.05) is 33.2 Å². The van der Waals surface area contributed by atoms with Crippen LogP contribution in [0.15, 0.2) is 0 Å². The molecule has 0 bridgehead atoms. The number of carbonyl (C=O) groups excluding carboxylic acids is 1. The van der Waals surface area contributed by atoms with Gasteiger partial charge in [0.25, 0.3) is 0 Å². The van der Waals surface area contributed by atoms with Gasteiger partial charge < -0.3 is 15.1 Å². The van der Waals surface area contributed by atoms with Crippen LogP contribution in [0.25, 0.3) is 0 Å². The van der Waals surface area contributed by atoms with Gasteiger partial charge in [-0.15, -0.1) is 0 Å². The lowest BCUT2D eigenvalue weighted by atomic mass is 9.96. The Labute approximate surface area is 111 Å². The fraction of sp³-hybridized carbons (Fsp3) is 0.929. The van der Waals surface area contributed by atoms with Crippen molar-refractivity contribution in [2.45, 2.75) is 51.0 Å². The second-order valence-electron chi connectivity index (χ2n) is 5.75. The normalized spacial score (nSPS) is 22.1. The van der Waals surface area contributed by atoms with Crippen LogP contribution >= 0.6 is 0 Å². The number of nitrogens with zero attached hydrogens (tertiary/aromatic N) is 2. The number of nitrogens with one attached hydrogen (secondary N) is 1. The van der Waals surface area contributed by atoms with Crippen molar-refractivity contribution in [3.63, 3.8) is 0 Å². The SMILES string of the molecule is CN(CCN1CCCC1)C(=O)NC1CCCCC1. The molecule has 2 fully saturated rings. The summed E-state index contributed by atoms with van der Waals surface area (Å²) in [4.78, 5) is 16.3. The molecule has 0 atom stereocenters. The van der Waals surface area contributed by atoms with E-state index >= 15 is 0 Å². The largest absolute Gasteiger partial charge is 0.335 e. The molecule has 0 aromatic rings. The first-order chi connectivity index (χ1) is 8.75. The first-order valence-corrected chi connectivity index (χ1v) is 7.50. The summed E-state index contributed by atoms with van der Waals surface area (Å²) in [7, 11) is 1.91. The Bertz CT molecular complexity index is 258. The van der Waals surface area contributed by atoms with Crippen LogP contribution in [0.2, 0.25) is 0 Å². The van der Waals surface area contributed by atoms with E-state index in [0.29, 0.717) is 6.04 Å². The van der Waals surface area contributed by atoms with Gasteiger partial charge in [0.05, 0.1) is 0 Å². The van der Waals surface area contributed by atoms with Gasteiger partial charge in [-0.1, -0.05) is 19.3 Å². The first-order valence-electron chi connectivity index (χ1n) is 7.50. The van der Waals surface area contributed by atoms with E-state index in [1.54, 1.807) is 0 Å². The molecule has 4 nitrogen and oxygen atoms in total. The highest BCUT2D eigenvalue weighted by atomic mass is 16.2. The predicted octanol–water partition coefficient (Wildman–Crippen LogP) is 2.06. The van der Waals surface area contributed by atoms with Gasteiger partial charge in [0.1, 0.15) is 0 Å². The summed E-state index contributed by atoms with van der Waals surface area (Å²) in [6.45, 7) is 4.28. The number of hydrogen-bond donors (Lipinski definition) is 1. The van der Waals surface area contributed by atoms with Crippen LogP contribution in [0.3, 0.4) is 0 Å². The molecule has 0 spiro atoms. The van der Waals surface area contributed by atoms with Gasteiger partial charge in [-0.25, -0.2) is 4.79 Å². The number of carbonyl (C=O) groups is 1. The third-order valence-electron chi connectivity index (χ3n) is 4.23. The van der Waals surface area contributed by atoms with Gasteiger partial charge in [0.2, 0.25) is 0 Å². The van der Waals surface area contributed by atoms with E-state index < -0.39 is 0 Å². The van der Waals surface area contributed by atoms with Crippen molar-refractivity contribution < 1.29 is 4.79 Å². The van der Waals surface area contributed by atoms with E-state index in [9.17, 15) is 4.79 Å². The van der Waals surface area contributed by atoms with Crippen LogP contribution in [0.4, 0.5) is 4.79 Å². The van der Waals surface area contributed by atoms with E-state index in [4.69, 9.17) is 0 Å². The molecule has 2 rings (SSSR count). The fourth-order valence-corrected chi connectivity index (χ4v) is 2.93. The lowest BCUT2D eigenvalue weighted by molar-refractivity contribution is 0.193. The minimum absolute atomic E-state index is 0.112. The van der Waals surface area contributed by atoms with Gasteiger partial charge in [0.15, 0.2) is 0 Å². The average Bonchev–Trinajstić information content (AvgIpc) is 2.90. The Morgan fingerprint density at radius 3 is 2.50 bits per heavy atom. The van der Waals surface area contributed by atoms with E-state index in [2.05, 4.69) is 10.2 Å². The van der Waals surface area contributed by atoms with Gasteiger partial charge in [-0.2, -0.15) is 0 Å². The van der Waals surface area contributed by atoms with Crippen LogP contribution in [-0.4, -0.2) is 55.1 Å². The lowest BCUT2D eigenvalue weighted by Crippen LogP contribution is -2.45. The van der Waals surface area contributed by atoms with Crippen LogP contribution in [0.5, 0.6) is 0 Å². The highest BCUT2D eigenvalue weighted by Crippen LogP contribution is 2.17. The fourth-order valence-electron chi connectivity index (χ4n) is 2.93. The van der Waals surface area contributed by atoms with Gasteiger partial charge >= 0.3 is 6.03 Å². The van der Waals surface area contributed by atoms with Crippen LogP contribution < -0.4 is 5.32 Å². The molecule has 1 saturated carbocycles. The quantitative estimate of drug-likeness (QED) is 0.832. The maximum Gasteiger partial charge on any atom is 0.317 e. The number of likely N-dealkylation sites (N-methyl/N-ethyl adjacent to an activating group) is 1. The zero-order valence-corrected chi connectivity index (χ0v) is 11.7. The Kier molecular flexibility index (Phi) is 5.29. The summed E-state index contributed by atoms with van der Waals surface area (Å²) < 4.78 is 0. The molecule has 2 aliphatic rings. The molecular weight excluding hydrogens is 226 g/mol. The number of urea groups is 1. The smallest absolute Gasteiger partial charge is 0.317 e. The minimum Gasteiger partial charge on any atom is -0.335 e. The number of hydrogen-bond acceptors (Lipinski definition) is 2. The van der Waals surface area contributed by atoms with E-state index in [1.165, 1.54) is 45.2 Å². The molecule has 0 aromatic carbocycles. The summed E-state index contributed by atoms with van der Waals surface area (Å²) in [6.07, 6.45) is 8.81. The first kappa shape index (κ1) is 13.7. The van der Waals surface area contributed by atoms with Crippen molar-refractivity contribution in [3.05, 3.63) is 0 Å². The topological polar surface area (TPSA) is 35.6 Å². The van der Waals surface area contributed by atoms with Crippen molar-refractivity contribution in [1.82, 2.24) is 15.1 Å². The van der Waals surface area contributed by atoms with E-state index in [1.807, 2.05) is 11.9 Å². The third kappa shape index (κ3) is 4.16. The maximum atomic E-state index is 12.0. The number of amides is 2. The minimum atomic E-state index is 0.112. The molecule has 0 unspecified atom stereocenters. The van der Waals surface area contributed by atoms with E-state index in [0.717, 1.165) is 25.9 Å². The molecule has 1 N–H and O–H groups in total. The maximum absolute atomic E-state index is 12.0.